The Morgan fingerprint density at radius 3 is 2.95 bits per heavy atom. The monoisotopic (exact) mass is 263 g/mol. The van der Waals surface area contributed by atoms with Crippen LogP contribution in [0.2, 0.25) is 0 Å². The van der Waals surface area contributed by atoms with E-state index in [1.807, 2.05) is 32.0 Å². The first-order valence-electron chi connectivity index (χ1n) is 6.60. The van der Waals surface area contributed by atoms with Crippen molar-refractivity contribution in [2.75, 3.05) is 18.4 Å². The summed E-state index contributed by atoms with van der Waals surface area (Å²) in [5.41, 5.74) is 2.92. The van der Waals surface area contributed by atoms with Gasteiger partial charge in [0.1, 0.15) is 0 Å². The average Bonchev–Trinajstić information content (AvgIpc) is 2.37. The number of rotatable bonds is 2. The van der Waals surface area contributed by atoms with Gasteiger partial charge in [-0.3, -0.25) is 0 Å². The molecule has 1 saturated heterocycles. The van der Waals surface area contributed by atoms with E-state index in [4.69, 9.17) is 0 Å². The molecule has 0 saturated carbocycles. The number of aryl methyl sites for hydroxylation is 2. The zero-order valence-corrected chi connectivity index (χ0v) is 11.4. The quantitative estimate of drug-likeness (QED) is 0.646. The van der Waals surface area contributed by atoms with Gasteiger partial charge in [-0.05, 0) is 44.0 Å². The second-order valence-electron chi connectivity index (χ2n) is 5.08. The summed E-state index contributed by atoms with van der Waals surface area (Å²) in [6.45, 7) is 5.32. The van der Waals surface area contributed by atoms with Crippen LogP contribution in [-0.2, 0) is 0 Å². The third-order valence-electron chi connectivity index (χ3n) is 3.40. The van der Waals surface area contributed by atoms with Gasteiger partial charge in [0.25, 0.3) is 0 Å². The van der Waals surface area contributed by atoms with Gasteiger partial charge in [-0.1, -0.05) is 12.1 Å². The van der Waals surface area contributed by atoms with E-state index in [-0.39, 0.29) is 12.1 Å². The van der Waals surface area contributed by atoms with Crippen molar-refractivity contribution in [1.29, 1.82) is 0 Å². The summed E-state index contributed by atoms with van der Waals surface area (Å²) in [4.78, 5) is 11.9. The van der Waals surface area contributed by atoms with Crippen molar-refractivity contribution in [2.45, 2.75) is 32.4 Å². The molecule has 1 aliphatic heterocycles. The summed E-state index contributed by atoms with van der Waals surface area (Å²) < 4.78 is 0. The molecule has 2 amide bonds. The molecule has 1 fully saturated rings. The molecule has 1 aromatic carbocycles. The first-order chi connectivity index (χ1) is 9.06. The number of anilines is 1. The lowest BCUT2D eigenvalue weighted by atomic mass is 10.0. The summed E-state index contributed by atoms with van der Waals surface area (Å²) in [7, 11) is 0. The molecule has 2 atom stereocenters. The Labute approximate surface area is 113 Å². The van der Waals surface area contributed by atoms with Crippen LogP contribution >= 0.6 is 0 Å². The first-order valence-corrected chi connectivity index (χ1v) is 6.60. The number of carbonyl (C=O) groups excluding carboxylic acids is 1. The van der Waals surface area contributed by atoms with E-state index in [1.54, 1.807) is 0 Å². The van der Waals surface area contributed by atoms with Crippen molar-refractivity contribution >= 4 is 11.7 Å². The van der Waals surface area contributed by atoms with Crippen LogP contribution in [0, 0.1) is 13.8 Å². The molecule has 104 valence electrons. The lowest BCUT2D eigenvalue weighted by Crippen LogP contribution is -2.54. The van der Waals surface area contributed by atoms with Gasteiger partial charge < -0.3 is 21.1 Å². The van der Waals surface area contributed by atoms with Crippen LogP contribution in [0.5, 0.6) is 0 Å². The van der Waals surface area contributed by atoms with Crippen LogP contribution < -0.4 is 16.0 Å². The Morgan fingerprint density at radius 1 is 1.42 bits per heavy atom. The van der Waals surface area contributed by atoms with Gasteiger partial charge in [0.2, 0.25) is 0 Å². The van der Waals surface area contributed by atoms with E-state index >= 15 is 0 Å². The zero-order valence-electron chi connectivity index (χ0n) is 11.4. The average molecular weight is 263 g/mol. The molecule has 0 aromatic heterocycles. The number of piperidine rings is 1. The van der Waals surface area contributed by atoms with Crippen LogP contribution in [0.3, 0.4) is 0 Å². The molecule has 0 unspecified atom stereocenters. The minimum atomic E-state index is -0.481. The second kappa shape index (κ2) is 6.04. The minimum absolute atomic E-state index is 0.237. The van der Waals surface area contributed by atoms with Crippen molar-refractivity contribution < 1.29 is 9.90 Å². The SMILES string of the molecule is Cc1ccc(C)c(NC(=O)N[C@@H]2CNCC[C@H]2O)c1. The number of carbonyl (C=O) groups is 1. The molecule has 5 nitrogen and oxygen atoms in total. The number of benzene rings is 1. The maximum atomic E-state index is 11.9. The lowest BCUT2D eigenvalue weighted by Gasteiger charge is -2.29. The number of aliphatic hydroxyl groups is 1. The van der Waals surface area contributed by atoms with Gasteiger partial charge in [-0.2, -0.15) is 0 Å². The van der Waals surface area contributed by atoms with Crippen LogP contribution in [0.25, 0.3) is 0 Å². The number of hydrogen-bond acceptors (Lipinski definition) is 3. The fourth-order valence-electron chi connectivity index (χ4n) is 2.19. The summed E-state index contributed by atoms with van der Waals surface area (Å²) >= 11 is 0. The number of amides is 2. The fourth-order valence-corrected chi connectivity index (χ4v) is 2.19. The van der Waals surface area contributed by atoms with Gasteiger partial charge >= 0.3 is 6.03 Å². The van der Waals surface area contributed by atoms with Gasteiger partial charge in [0.15, 0.2) is 0 Å². The Bertz CT molecular complexity index is 462. The molecule has 4 N–H and O–H groups in total. The van der Waals surface area contributed by atoms with Crippen LogP contribution in [0.15, 0.2) is 18.2 Å². The number of hydrogen-bond donors (Lipinski definition) is 4. The fraction of sp³-hybridized carbons (Fsp3) is 0.500. The van der Waals surface area contributed by atoms with Crippen molar-refractivity contribution in [3.05, 3.63) is 29.3 Å². The largest absolute Gasteiger partial charge is 0.391 e. The highest BCUT2D eigenvalue weighted by molar-refractivity contribution is 5.90. The second-order valence-corrected chi connectivity index (χ2v) is 5.08. The molecule has 0 radical (unpaired) electrons. The molecule has 1 heterocycles. The predicted molar refractivity (Wildman–Crippen MR) is 75.4 cm³/mol. The van der Waals surface area contributed by atoms with Crippen molar-refractivity contribution in [3.8, 4) is 0 Å². The van der Waals surface area contributed by atoms with E-state index in [0.29, 0.717) is 13.0 Å². The highest BCUT2D eigenvalue weighted by atomic mass is 16.3. The number of aliphatic hydroxyl groups excluding tert-OH is 1. The molecule has 1 aliphatic rings. The molecule has 19 heavy (non-hydrogen) atoms. The van der Waals surface area contributed by atoms with Crippen molar-refractivity contribution in [1.82, 2.24) is 10.6 Å². The molecule has 0 aliphatic carbocycles. The molecule has 2 rings (SSSR count). The zero-order chi connectivity index (χ0) is 13.8. The smallest absolute Gasteiger partial charge is 0.319 e. The maximum Gasteiger partial charge on any atom is 0.319 e. The molecular weight excluding hydrogens is 242 g/mol. The van der Waals surface area contributed by atoms with E-state index in [9.17, 15) is 9.90 Å². The third-order valence-corrected chi connectivity index (χ3v) is 3.40. The van der Waals surface area contributed by atoms with E-state index in [0.717, 1.165) is 23.4 Å². The highest BCUT2D eigenvalue weighted by Crippen LogP contribution is 2.16. The Hall–Kier alpha value is -1.59. The summed E-state index contributed by atoms with van der Waals surface area (Å²) in [5.74, 6) is 0. The maximum absolute atomic E-state index is 11.9. The van der Waals surface area contributed by atoms with Crippen molar-refractivity contribution in [3.63, 3.8) is 0 Å². The normalized spacial score (nSPS) is 22.9. The van der Waals surface area contributed by atoms with Gasteiger partial charge in [0.05, 0.1) is 12.1 Å². The molecular formula is C14H21N3O2. The molecule has 0 spiro atoms. The topological polar surface area (TPSA) is 73.4 Å². The van der Waals surface area contributed by atoms with Gasteiger partial charge in [-0.25, -0.2) is 4.79 Å². The molecule has 0 bridgehead atoms. The molecule has 1 aromatic rings. The first kappa shape index (κ1) is 13.8. The van der Waals surface area contributed by atoms with Crippen LogP contribution in [-0.4, -0.2) is 36.4 Å². The Kier molecular flexibility index (Phi) is 4.39. The number of urea groups is 1. The van der Waals surface area contributed by atoms with Crippen LogP contribution in [0.1, 0.15) is 17.5 Å². The predicted octanol–water partition coefficient (Wildman–Crippen LogP) is 1.15. The third kappa shape index (κ3) is 3.68. The standard InChI is InChI=1S/C14H21N3O2/c1-9-3-4-10(2)11(7-9)16-14(19)17-12-8-15-6-5-13(12)18/h3-4,7,12-13,15,18H,5-6,8H2,1-2H3,(H2,16,17,19)/t12-,13-/m1/s1. The van der Waals surface area contributed by atoms with Gasteiger partial charge in [0, 0.05) is 12.2 Å². The summed E-state index contributed by atoms with van der Waals surface area (Å²) in [5, 5.41) is 18.6. The van der Waals surface area contributed by atoms with E-state index < -0.39 is 6.10 Å². The molecule has 5 heteroatoms. The van der Waals surface area contributed by atoms with Gasteiger partial charge in [-0.15, -0.1) is 0 Å². The highest BCUT2D eigenvalue weighted by Gasteiger charge is 2.24. The minimum Gasteiger partial charge on any atom is -0.391 e. The van der Waals surface area contributed by atoms with Crippen molar-refractivity contribution in [2.24, 2.45) is 0 Å². The summed E-state index contributed by atoms with van der Waals surface area (Å²) in [6, 6.07) is 5.40. The number of nitrogens with one attached hydrogen (secondary N) is 3. The van der Waals surface area contributed by atoms with E-state index in [1.165, 1.54) is 0 Å². The summed E-state index contributed by atoms with van der Waals surface area (Å²) in [6.07, 6.45) is 0.180. The lowest BCUT2D eigenvalue weighted by molar-refractivity contribution is 0.103. The Morgan fingerprint density at radius 2 is 2.21 bits per heavy atom. The van der Waals surface area contributed by atoms with Crippen LogP contribution in [0.4, 0.5) is 10.5 Å². The van der Waals surface area contributed by atoms with E-state index in [2.05, 4.69) is 16.0 Å². The Balaban J connectivity index is 1.95.